The fourth-order valence-electron chi connectivity index (χ4n) is 3.13. The van der Waals surface area contributed by atoms with Crippen molar-refractivity contribution in [1.29, 1.82) is 0 Å². The number of carbonyl (C=O) groups is 3. The minimum absolute atomic E-state index is 0.00168. The average molecular weight is 402 g/mol. The van der Waals surface area contributed by atoms with E-state index in [1.807, 2.05) is 0 Å². The van der Waals surface area contributed by atoms with E-state index in [9.17, 15) is 14.4 Å². The standard InChI is InChI=1S/C20H20ClN3O4/c1-11-14(21)5-4-6-17(11)24-19(26)10-16(20(24)27)23-15-9-13(22-12(2)25)7-8-18(15)28-3/h4-9,16,23H,10H2,1-3H3,(H,22,25)/t16-/m1/s1. The zero-order chi connectivity index (χ0) is 20.4. The molecule has 8 heteroatoms. The number of methoxy groups -OCH3 is 1. The van der Waals surface area contributed by atoms with Crippen molar-refractivity contribution in [3.63, 3.8) is 0 Å². The summed E-state index contributed by atoms with van der Waals surface area (Å²) in [7, 11) is 1.50. The summed E-state index contributed by atoms with van der Waals surface area (Å²) in [4.78, 5) is 37.9. The van der Waals surface area contributed by atoms with E-state index < -0.39 is 6.04 Å². The summed E-state index contributed by atoms with van der Waals surface area (Å²) < 4.78 is 5.32. The van der Waals surface area contributed by atoms with E-state index in [4.69, 9.17) is 16.3 Å². The third-order valence-corrected chi connectivity index (χ3v) is 4.89. The van der Waals surface area contributed by atoms with Crippen LogP contribution in [0.4, 0.5) is 17.1 Å². The lowest BCUT2D eigenvalue weighted by atomic mass is 10.2. The van der Waals surface area contributed by atoms with Gasteiger partial charge in [0.1, 0.15) is 11.8 Å². The highest BCUT2D eigenvalue weighted by Gasteiger charge is 2.40. The number of nitrogens with zero attached hydrogens (tertiary/aromatic N) is 1. The molecule has 0 bridgehead atoms. The molecule has 2 aromatic carbocycles. The Morgan fingerprint density at radius 3 is 2.68 bits per heavy atom. The Labute approximate surface area is 167 Å². The van der Waals surface area contributed by atoms with Crippen LogP contribution in [0.25, 0.3) is 0 Å². The number of anilines is 3. The second-order valence-corrected chi connectivity index (χ2v) is 6.86. The van der Waals surface area contributed by atoms with Crippen molar-refractivity contribution in [2.45, 2.75) is 26.3 Å². The van der Waals surface area contributed by atoms with Gasteiger partial charge in [0.15, 0.2) is 0 Å². The smallest absolute Gasteiger partial charge is 0.256 e. The molecule has 0 saturated carbocycles. The number of amides is 3. The van der Waals surface area contributed by atoms with Gasteiger partial charge in [0.25, 0.3) is 5.91 Å². The monoisotopic (exact) mass is 401 g/mol. The Bertz CT molecular complexity index is 960. The molecule has 0 unspecified atom stereocenters. The second-order valence-electron chi connectivity index (χ2n) is 6.45. The molecule has 0 aliphatic carbocycles. The number of rotatable bonds is 5. The molecule has 3 amide bonds. The van der Waals surface area contributed by atoms with E-state index in [-0.39, 0.29) is 24.1 Å². The van der Waals surface area contributed by atoms with Gasteiger partial charge in [-0.15, -0.1) is 0 Å². The number of benzene rings is 2. The number of ether oxygens (including phenoxy) is 1. The molecule has 1 heterocycles. The first-order valence-corrected chi connectivity index (χ1v) is 9.03. The quantitative estimate of drug-likeness (QED) is 0.750. The van der Waals surface area contributed by atoms with Crippen LogP contribution in [0.5, 0.6) is 5.75 Å². The number of imide groups is 1. The molecule has 7 nitrogen and oxygen atoms in total. The summed E-state index contributed by atoms with van der Waals surface area (Å²) >= 11 is 6.14. The number of carbonyl (C=O) groups excluding carboxylic acids is 3. The Balaban J connectivity index is 1.88. The van der Waals surface area contributed by atoms with Crippen LogP contribution in [0, 0.1) is 6.92 Å². The van der Waals surface area contributed by atoms with Gasteiger partial charge in [-0.25, -0.2) is 4.90 Å². The summed E-state index contributed by atoms with van der Waals surface area (Å²) in [5, 5.41) is 6.23. The first-order valence-electron chi connectivity index (χ1n) is 8.66. The molecule has 1 fully saturated rings. The molecular weight excluding hydrogens is 382 g/mol. The molecule has 146 valence electrons. The zero-order valence-corrected chi connectivity index (χ0v) is 16.5. The molecule has 0 aromatic heterocycles. The number of nitrogens with one attached hydrogen (secondary N) is 2. The first kappa shape index (κ1) is 19.7. The Morgan fingerprint density at radius 2 is 2.00 bits per heavy atom. The molecule has 3 rings (SSSR count). The van der Waals surface area contributed by atoms with Crippen molar-refractivity contribution in [2.24, 2.45) is 0 Å². The van der Waals surface area contributed by atoms with Gasteiger partial charge in [0.05, 0.1) is 24.9 Å². The lowest BCUT2D eigenvalue weighted by Crippen LogP contribution is -2.35. The van der Waals surface area contributed by atoms with Crippen LogP contribution < -0.4 is 20.3 Å². The minimum Gasteiger partial charge on any atom is -0.495 e. The molecule has 0 radical (unpaired) electrons. The highest BCUT2D eigenvalue weighted by molar-refractivity contribution is 6.32. The molecule has 2 aromatic rings. The highest BCUT2D eigenvalue weighted by Crippen LogP contribution is 2.33. The minimum atomic E-state index is -0.757. The zero-order valence-electron chi connectivity index (χ0n) is 15.7. The van der Waals surface area contributed by atoms with E-state index in [0.717, 1.165) is 4.90 Å². The maximum Gasteiger partial charge on any atom is 0.256 e. The van der Waals surface area contributed by atoms with Gasteiger partial charge < -0.3 is 15.4 Å². The third-order valence-electron chi connectivity index (χ3n) is 4.48. The number of hydrogen-bond donors (Lipinski definition) is 2. The Hall–Kier alpha value is -3.06. The molecule has 1 aliphatic heterocycles. The summed E-state index contributed by atoms with van der Waals surface area (Å²) in [5.74, 6) is -0.412. The first-order chi connectivity index (χ1) is 13.3. The van der Waals surface area contributed by atoms with E-state index in [0.29, 0.717) is 33.4 Å². The van der Waals surface area contributed by atoms with Crippen molar-refractivity contribution < 1.29 is 19.1 Å². The molecule has 1 atom stereocenters. The highest BCUT2D eigenvalue weighted by atomic mass is 35.5. The van der Waals surface area contributed by atoms with Gasteiger partial charge in [-0.1, -0.05) is 17.7 Å². The van der Waals surface area contributed by atoms with E-state index in [1.54, 1.807) is 43.3 Å². The molecule has 2 N–H and O–H groups in total. The van der Waals surface area contributed by atoms with Gasteiger partial charge in [0, 0.05) is 17.6 Å². The average Bonchev–Trinajstić information content (AvgIpc) is 2.91. The maximum atomic E-state index is 12.9. The van der Waals surface area contributed by atoms with Crippen LogP contribution in [0.3, 0.4) is 0 Å². The van der Waals surface area contributed by atoms with Crippen LogP contribution >= 0.6 is 11.6 Å². The summed E-state index contributed by atoms with van der Waals surface area (Å²) in [6, 6.07) is 9.36. The molecule has 0 spiro atoms. The van der Waals surface area contributed by atoms with Crippen LogP contribution in [-0.4, -0.2) is 30.9 Å². The SMILES string of the molecule is COc1ccc(NC(C)=O)cc1N[C@@H]1CC(=O)N(c2cccc(Cl)c2C)C1=O. The Morgan fingerprint density at radius 1 is 1.25 bits per heavy atom. The van der Waals surface area contributed by atoms with E-state index >= 15 is 0 Å². The predicted molar refractivity (Wildman–Crippen MR) is 108 cm³/mol. The Kier molecular flexibility index (Phi) is 5.56. The second kappa shape index (κ2) is 7.90. The van der Waals surface area contributed by atoms with Crippen LogP contribution in [-0.2, 0) is 14.4 Å². The molecule has 1 saturated heterocycles. The lowest BCUT2D eigenvalue weighted by molar-refractivity contribution is -0.121. The van der Waals surface area contributed by atoms with Gasteiger partial charge in [0.2, 0.25) is 11.8 Å². The predicted octanol–water partition coefficient (Wildman–Crippen LogP) is 3.36. The normalized spacial score (nSPS) is 16.3. The van der Waals surface area contributed by atoms with Gasteiger partial charge in [-0.3, -0.25) is 14.4 Å². The number of halogens is 1. The fourth-order valence-corrected chi connectivity index (χ4v) is 3.30. The van der Waals surface area contributed by atoms with Crippen molar-refractivity contribution >= 4 is 46.4 Å². The van der Waals surface area contributed by atoms with Crippen LogP contribution in [0.15, 0.2) is 36.4 Å². The third kappa shape index (κ3) is 3.80. The molecule has 1 aliphatic rings. The summed E-state index contributed by atoms with van der Waals surface area (Å²) in [5.41, 5.74) is 2.20. The topological polar surface area (TPSA) is 87.7 Å². The largest absolute Gasteiger partial charge is 0.495 e. The summed E-state index contributed by atoms with van der Waals surface area (Å²) in [6.45, 7) is 3.17. The van der Waals surface area contributed by atoms with E-state index in [2.05, 4.69) is 10.6 Å². The van der Waals surface area contributed by atoms with Gasteiger partial charge in [-0.2, -0.15) is 0 Å². The maximum absolute atomic E-state index is 12.9. The van der Waals surface area contributed by atoms with Gasteiger partial charge in [-0.05, 0) is 42.8 Å². The van der Waals surface area contributed by atoms with Crippen LogP contribution in [0.1, 0.15) is 18.9 Å². The van der Waals surface area contributed by atoms with Crippen molar-refractivity contribution in [1.82, 2.24) is 0 Å². The lowest BCUT2D eigenvalue weighted by Gasteiger charge is -2.19. The van der Waals surface area contributed by atoms with Crippen molar-refractivity contribution in [3.8, 4) is 5.75 Å². The fraction of sp³-hybridized carbons (Fsp3) is 0.250. The van der Waals surface area contributed by atoms with Gasteiger partial charge >= 0.3 is 0 Å². The van der Waals surface area contributed by atoms with Crippen molar-refractivity contribution in [3.05, 3.63) is 47.0 Å². The summed E-state index contributed by atoms with van der Waals surface area (Å²) in [6.07, 6.45) is -0.00168. The van der Waals surface area contributed by atoms with Crippen LogP contribution in [0.2, 0.25) is 5.02 Å². The van der Waals surface area contributed by atoms with E-state index in [1.165, 1.54) is 14.0 Å². The number of hydrogen-bond acceptors (Lipinski definition) is 5. The van der Waals surface area contributed by atoms with Crippen molar-refractivity contribution in [2.75, 3.05) is 22.6 Å². The molecule has 28 heavy (non-hydrogen) atoms. The molecular formula is C20H20ClN3O4.